The minimum Gasteiger partial charge on any atom is -0.438 e. The van der Waals surface area contributed by atoms with E-state index in [1.807, 2.05) is 0 Å². The van der Waals surface area contributed by atoms with Gasteiger partial charge in [0.15, 0.2) is 13.6 Å². The van der Waals surface area contributed by atoms with Crippen LogP contribution in [0.15, 0.2) is 0 Å². The van der Waals surface area contributed by atoms with Gasteiger partial charge in [-0.2, -0.15) is 0 Å². The summed E-state index contributed by atoms with van der Waals surface area (Å²) in [6.45, 7) is -1.05. The standard InChI is InChI=1S/C8H13NO6/c10-3-14-7(12)5-1-6(9-2-5)8(13)15-4-11/h5-6,9-11H,1-4H2. The van der Waals surface area contributed by atoms with Crippen LogP contribution >= 0.6 is 0 Å². The molecule has 7 nitrogen and oxygen atoms in total. The van der Waals surface area contributed by atoms with Gasteiger partial charge in [-0.25, -0.2) is 0 Å². The van der Waals surface area contributed by atoms with Gasteiger partial charge in [0.2, 0.25) is 0 Å². The fourth-order valence-electron chi connectivity index (χ4n) is 1.44. The van der Waals surface area contributed by atoms with Crippen molar-refractivity contribution in [3.05, 3.63) is 0 Å². The minimum absolute atomic E-state index is 0.248. The quantitative estimate of drug-likeness (QED) is 0.369. The zero-order valence-electron chi connectivity index (χ0n) is 8.01. The molecule has 7 heteroatoms. The van der Waals surface area contributed by atoms with Gasteiger partial charge < -0.3 is 25.0 Å². The second-order valence-electron chi connectivity index (χ2n) is 3.08. The Labute approximate surface area is 86.0 Å². The zero-order chi connectivity index (χ0) is 11.3. The third-order valence-electron chi connectivity index (χ3n) is 2.16. The van der Waals surface area contributed by atoms with Crippen molar-refractivity contribution in [2.45, 2.75) is 12.5 Å². The van der Waals surface area contributed by atoms with Crippen molar-refractivity contribution in [1.29, 1.82) is 0 Å². The van der Waals surface area contributed by atoms with Gasteiger partial charge >= 0.3 is 11.9 Å². The van der Waals surface area contributed by atoms with E-state index in [4.69, 9.17) is 10.2 Å². The largest absolute Gasteiger partial charge is 0.438 e. The maximum Gasteiger partial charge on any atom is 0.325 e. The average Bonchev–Trinajstić information content (AvgIpc) is 2.67. The molecule has 0 aromatic heterocycles. The monoisotopic (exact) mass is 219 g/mol. The Morgan fingerprint density at radius 1 is 1.20 bits per heavy atom. The molecule has 0 saturated carbocycles. The zero-order valence-corrected chi connectivity index (χ0v) is 8.01. The summed E-state index contributed by atoms with van der Waals surface area (Å²) in [6.07, 6.45) is 0.248. The lowest BCUT2D eigenvalue weighted by Crippen LogP contribution is -2.32. The number of ether oxygens (including phenoxy) is 2. The van der Waals surface area contributed by atoms with Crippen molar-refractivity contribution < 1.29 is 29.3 Å². The highest BCUT2D eigenvalue weighted by Crippen LogP contribution is 2.16. The summed E-state index contributed by atoms with van der Waals surface area (Å²) in [7, 11) is 0. The molecule has 0 amide bonds. The fraction of sp³-hybridized carbons (Fsp3) is 0.750. The van der Waals surface area contributed by atoms with Crippen molar-refractivity contribution in [3.8, 4) is 0 Å². The number of hydrogen-bond acceptors (Lipinski definition) is 7. The van der Waals surface area contributed by atoms with Crippen molar-refractivity contribution in [1.82, 2.24) is 5.32 Å². The van der Waals surface area contributed by atoms with Crippen molar-refractivity contribution in [2.24, 2.45) is 5.92 Å². The van der Waals surface area contributed by atoms with Gasteiger partial charge in [0.1, 0.15) is 6.04 Å². The van der Waals surface area contributed by atoms with Crippen LogP contribution in [0.5, 0.6) is 0 Å². The lowest BCUT2D eigenvalue weighted by Gasteiger charge is -2.08. The van der Waals surface area contributed by atoms with Crippen LogP contribution in [0.3, 0.4) is 0 Å². The molecule has 3 N–H and O–H groups in total. The second-order valence-corrected chi connectivity index (χ2v) is 3.08. The first-order valence-corrected chi connectivity index (χ1v) is 4.47. The third-order valence-corrected chi connectivity index (χ3v) is 2.16. The summed E-state index contributed by atoms with van der Waals surface area (Å²) < 4.78 is 8.76. The van der Waals surface area contributed by atoms with E-state index in [0.29, 0.717) is 6.54 Å². The average molecular weight is 219 g/mol. The Hall–Kier alpha value is -1.18. The predicted octanol–water partition coefficient (Wildman–Crippen LogP) is -2.05. The summed E-state index contributed by atoms with van der Waals surface area (Å²) in [6, 6.07) is -0.603. The van der Waals surface area contributed by atoms with E-state index in [2.05, 4.69) is 14.8 Å². The minimum atomic E-state index is -0.678. The molecule has 15 heavy (non-hydrogen) atoms. The molecule has 2 atom stereocenters. The first kappa shape index (κ1) is 11.9. The molecule has 1 rings (SSSR count). The van der Waals surface area contributed by atoms with Gasteiger partial charge in [-0.1, -0.05) is 0 Å². The predicted molar refractivity (Wildman–Crippen MR) is 46.3 cm³/mol. The molecular weight excluding hydrogens is 206 g/mol. The molecule has 1 aliphatic rings. The maximum atomic E-state index is 11.1. The number of carbonyl (C=O) groups excluding carboxylic acids is 2. The van der Waals surface area contributed by atoms with E-state index in [-0.39, 0.29) is 6.42 Å². The highest BCUT2D eigenvalue weighted by molar-refractivity contribution is 5.79. The smallest absolute Gasteiger partial charge is 0.325 e. The molecule has 1 heterocycles. The molecule has 1 fully saturated rings. The van der Waals surface area contributed by atoms with Gasteiger partial charge in [-0.15, -0.1) is 0 Å². The Balaban J connectivity index is 2.38. The number of rotatable bonds is 4. The number of nitrogens with one attached hydrogen (secondary N) is 1. The van der Waals surface area contributed by atoms with Crippen LogP contribution in [0.1, 0.15) is 6.42 Å². The van der Waals surface area contributed by atoms with E-state index in [1.54, 1.807) is 0 Å². The molecule has 1 aliphatic heterocycles. The van der Waals surface area contributed by atoms with Gasteiger partial charge in [0.05, 0.1) is 5.92 Å². The van der Waals surface area contributed by atoms with Gasteiger partial charge in [-0.3, -0.25) is 9.59 Å². The maximum absolute atomic E-state index is 11.1. The van der Waals surface area contributed by atoms with Crippen LogP contribution in [0.2, 0.25) is 0 Å². The number of aliphatic hydroxyl groups is 2. The van der Waals surface area contributed by atoms with E-state index >= 15 is 0 Å². The lowest BCUT2D eigenvalue weighted by atomic mass is 10.1. The summed E-state index contributed by atoms with van der Waals surface area (Å²) in [4.78, 5) is 22.3. The van der Waals surface area contributed by atoms with E-state index in [1.165, 1.54) is 0 Å². The molecule has 0 radical (unpaired) electrons. The first-order chi connectivity index (χ1) is 7.19. The highest BCUT2D eigenvalue weighted by atomic mass is 16.6. The normalized spacial score (nSPS) is 24.9. The topological polar surface area (TPSA) is 105 Å². The van der Waals surface area contributed by atoms with Crippen molar-refractivity contribution in [2.75, 3.05) is 20.1 Å². The molecule has 0 aromatic carbocycles. The molecule has 0 aliphatic carbocycles. The Bertz CT molecular complexity index is 219. The van der Waals surface area contributed by atoms with E-state index < -0.39 is 37.5 Å². The third kappa shape index (κ3) is 3.15. The number of esters is 2. The summed E-state index contributed by atoms with van der Waals surface area (Å²) >= 11 is 0. The Kier molecular flexibility index (Phi) is 4.47. The SMILES string of the molecule is O=C(OCO)C1CNC(C(=O)OCO)C1. The summed E-state index contributed by atoms with van der Waals surface area (Å²) in [5, 5.41) is 19.5. The van der Waals surface area contributed by atoms with Crippen LogP contribution in [0, 0.1) is 5.92 Å². The summed E-state index contributed by atoms with van der Waals surface area (Å²) in [5.41, 5.74) is 0. The molecule has 86 valence electrons. The van der Waals surface area contributed by atoms with Crippen molar-refractivity contribution >= 4 is 11.9 Å². The van der Waals surface area contributed by atoms with E-state index in [0.717, 1.165) is 0 Å². The molecule has 0 spiro atoms. The number of aliphatic hydroxyl groups excluding tert-OH is 2. The molecular formula is C8H13NO6. The van der Waals surface area contributed by atoms with Crippen LogP contribution in [0.25, 0.3) is 0 Å². The van der Waals surface area contributed by atoms with E-state index in [9.17, 15) is 9.59 Å². The molecule has 2 unspecified atom stereocenters. The lowest BCUT2D eigenvalue weighted by molar-refractivity contribution is -0.156. The molecule has 0 aromatic rings. The van der Waals surface area contributed by atoms with Crippen LogP contribution in [0.4, 0.5) is 0 Å². The van der Waals surface area contributed by atoms with Gasteiger partial charge in [0.25, 0.3) is 0 Å². The number of hydrogen-bond donors (Lipinski definition) is 3. The van der Waals surface area contributed by atoms with Crippen LogP contribution < -0.4 is 5.32 Å². The Morgan fingerprint density at radius 3 is 2.40 bits per heavy atom. The van der Waals surface area contributed by atoms with Crippen molar-refractivity contribution in [3.63, 3.8) is 0 Å². The highest BCUT2D eigenvalue weighted by Gasteiger charge is 2.35. The second kappa shape index (κ2) is 5.64. The molecule has 1 saturated heterocycles. The molecule has 0 bridgehead atoms. The van der Waals surface area contributed by atoms with Crippen LogP contribution in [-0.4, -0.2) is 48.3 Å². The fourth-order valence-corrected chi connectivity index (χ4v) is 1.44. The van der Waals surface area contributed by atoms with Crippen LogP contribution in [-0.2, 0) is 19.1 Å². The first-order valence-electron chi connectivity index (χ1n) is 4.47. The Morgan fingerprint density at radius 2 is 1.80 bits per heavy atom. The summed E-state index contributed by atoms with van der Waals surface area (Å²) in [5.74, 6) is -1.62. The van der Waals surface area contributed by atoms with Gasteiger partial charge in [-0.05, 0) is 6.42 Å². The van der Waals surface area contributed by atoms with Gasteiger partial charge in [0, 0.05) is 6.54 Å². The number of carbonyl (C=O) groups is 2.